The van der Waals surface area contributed by atoms with Gasteiger partial charge >= 0.3 is 33.5 Å². The minimum atomic E-state index is -0.981. The molecule has 1 N–H and O–H groups in total. The van der Waals surface area contributed by atoms with E-state index in [0.717, 1.165) is 0 Å². The van der Waals surface area contributed by atoms with Gasteiger partial charge in [0.25, 0.3) is 0 Å². The molecule has 2 rings (SSSR count). The first-order valence-electron chi connectivity index (χ1n) is 5.07. The smallest absolute Gasteiger partial charge is 0.0487 e. The average molecular weight is 328 g/mol. The van der Waals surface area contributed by atoms with Gasteiger partial charge in [-0.2, -0.15) is 22.4 Å². The summed E-state index contributed by atoms with van der Waals surface area (Å²) in [4.78, 5) is 0. The standard InChI is InChI=1S/C8H13Si.C3H4N2.2ClH.Cr/c1-9(2,3)8-6-4-5-7-8;1-2-4-5-3-1;;;/h4-7H,1-3H3;1-3H,(H,4,5);2*1H;/q-1;;;;+2/p-2. The maximum atomic E-state index is 4.83. The molecule has 0 amide bonds. The van der Waals surface area contributed by atoms with Crippen LogP contribution in [0.2, 0.25) is 19.6 Å². The predicted molar refractivity (Wildman–Crippen MR) is 75.3 cm³/mol. The van der Waals surface area contributed by atoms with Crippen molar-refractivity contribution in [3.63, 3.8) is 0 Å². The molecule has 0 radical (unpaired) electrons. The van der Waals surface area contributed by atoms with Crippen LogP contribution in [0.4, 0.5) is 0 Å². The largest absolute Gasteiger partial charge is 0.286 e. The Kier molecular flexibility index (Phi) is 9.81. The summed E-state index contributed by atoms with van der Waals surface area (Å²) in [5.41, 5.74) is 0. The monoisotopic (exact) mass is 327 g/mol. The molecule has 0 spiro atoms. The van der Waals surface area contributed by atoms with E-state index in [1.54, 1.807) is 17.6 Å². The Morgan fingerprint density at radius 3 is 1.82 bits per heavy atom. The first kappa shape index (κ1) is 16.9. The number of nitrogens with zero attached hydrogens (tertiary/aromatic N) is 1. The van der Waals surface area contributed by atoms with E-state index in [1.165, 1.54) is 0 Å². The van der Waals surface area contributed by atoms with Crippen LogP contribution >= 0.6 is 20.1 Å². The zero-order valence-corrected chi connectivity index (χ0v) is 13.9. The molecule has 2 nitrogen and oxygen atoms in total. The molecule has 0 aliphatic heterocycles. The second-order valence-corrected chi connectivity index (χ2v) is 11.4. The minimum Gasteiger partial charge on any atom is -0.286 e. The first-order chi connectivity index (χ1) is 8.02. The van der Waals surface area contributed by atoms with Crippen LogP contribution in [0, 0.1) is 0 Å². The molecule has 0 unspecified atom stereocenters. The molecule has 0 saturated carbocycles. The molecule has 17 heavy (non-hydrogen) atoms. The summed E-state index contributed by atoms with van der Waals surface area (Å²) in [6, 6.07) is 10.5. The van der Waals surface area contributed by atoms with E-state index in [-0.39, 0.29) is 13.4 Å². The van der Waals surface area contributed by atoms with Gasteiger partial charge in [0.05, 0.1) is 0 Å². The quantitative estimate of drug-likeness (QED) is 0.627. The Balaban J connectivity index is 0.000000270. The van der Waals surface area contributed by atoms with Gasteiger partial charge in [0.1, 0.15) is 0 Å². The Morgan fingerprint density at radius 2 is 1.65 bits per heavy atom. The Labute approximate surface area is 119 Å². The van der Waals surface area contributed by atoms with E-state index in [2.05, 4.69) is 54.1 Å². The summed E-state index contributed by atoms with van der Waals surface area (Å²) in [5, 5.41) is 7.77. The Bertz CT molecular complexity index is 327. The van der Waals surface area contributed by atoms with Crippen LogP contribution in [0.15, 0.2) is 42.7 Å². The van der Waals surface area contributed by atoms with E-state index in [4.69, 9.17) is 20.1 Å². The number of aromatic nitrogens is 2. The molecule has 0 fully saturated rings. The first-order valence-corrected chi connectivity index (χ1v) is 12.1. The van der Waals surface area contributed by atoms with Gasteiger partial charge in [0.15, 0.2) is 0 Å². The number of halogens is 2. The van der Waals surface area contributed by atoms with Crippen molar-refractivity contribution in [2.24, 2.45) is 0 Å². The van der Waals surface area contributed by atoms with Crippen LogP contribution in [-0.2, 0) is 13.4 Å². The topological polar surface area (TPSA) is 28.7 Å². The number of rotatable bonds is 1. The van der Waals surface area contributed by atoms with Crippen LogP contribution in [0.3, 0.4) is 0 Å². The van der Waals surface area contributed by atoms with Gasteiger partial charge in [-0.25, -0.2) is 12.1 Å². The molecule has 1 heterocycles. The molecule has 2 aromatic rings. The van der Waals surface area contributed by atoms with Gasteiger partial charge in [-0.1, -0.05) is 19.6 Å². The van der Waals surface area contributed by atoms with Gasteiger partial charge < -0.3 is 0 Å². The third kappa shape index (κ3) is 9.58. The Morgan fingerprint density at radius 1 is 1.12 bits per heavy atom. The molecule has 0 saturated heterocycles. The minimum absolute atomic E-state index is 0.181. The van der Waals surface area contributed by atoms with Crippen LogP contribution in [0.1, 0.15) is 0 Å². The molecule has 6 heteroatoms. The number of hydrogen-bond donors (Lipinski definition) is 1. The van der Waals surface area contributed by atoms with E-state index in [0.29, 0.717) is 0 Å². The van der Waals surface area contributed by atoms with E-state index in [1.807, 2.05) is 6.07 Å². The maximum absolute atomic E-state index is 4.83. The van der Waals surface area contributed by atoms with Crippen molar-refractivity contribution in [3.05, 3.63) is 42.7 Å². The van der Waals surface area contributed by atoms with Crippen LogP contribution < -0.4 is 5.19 Å². The van der Waals surface area contributed by atoms with Gasteiger partial charge in [0.2, 0.25) is 0 Å². The second-order valence-electron chi connectivity index (χ2n) is 4.25. The molecule has 1 aromatic carbocycles. The molecular formula is C11H17Cl2CrN2Si-. The van der Waals surface area contributed by atoms with E-state index < -0.39 is 8.07 Å². The molecule has 0 bridgehead atoms. The zero-order valence-electron chi connectivity index (χ0n) is 10.2. The van der Waals surface area contributed by atoms with E-state index >= 15 is 0 Å². The number of nitrogens with one attached hydrogen (secondary N) is 1. The molecule has 96 valence electrons. The van der Waals surface area contributed by atoms with Crippen LogP contribution in [0.5, 0.6) is 0 Å². The molecule has 0 aliphatic carbocycles. The summed E-state index contributed by atoms with van der Waals surface area (Å²) in [6.45, 7) is 7.09. The summed E-state index contributed by atoms with van der Waals surface area (Å²) >= 11 is -0.181. The summed E-state index contributed by atoms with van der Waals surface area (Å²) in [7, 11) is 8.67. The van der Waals surface area contributed by atoms with Crippen molar-refractivity contribution in [3.8, 4) is 0 Å². The molecular weight excluding hydrogens is 311 g/mol. The van der Waals surface area contributed by atoms with Crippen LogP contribution in [-0.4, -0.2) is 18.3 Å². The third-order valence-corrected chi connectivity index (χ3v) is 4.00. The van der Waals surface area contributed by atoms with Crippen molar-refractivity contribution in [1.82, 2.24) is 10.2 Å². The van der Waals surface area contributed by atoms with Gasteiger partial charge in [-0.3, -0.25) is 5.10 Å². The van der Waals surface area contributed by atoms with Crippen molar-refractivity contribution in [2.75, 3.05) is 0 Å². The third-order valence-electron chi connectivity index (χ3n) is 1.93. The average Bonchev–Trinajstić information content (AvgIpc) is 2.95. The van der Waals surface area contributed by atoms with Crippen molar-refractivity contribution in [2.45, 2.75) is 19.6 Å². The zero-order chi connectivity index (χ0) is 13.1. The second kappa shape index (κ2) is 9.87. The number of H-pyrrole nitrogens is 1. The fourth-order valence-electron chi connectivity index (χ4n) is 1.09. The Hall–Kier alpha value is -0.111. The van der Waals surface area contributed by atoms with Crippen LogP contribution in [0.25, 0.3) is 0 Å². The normalized spacial score (nSPS) is 9.71. The number of hydrogen-bond acceptors (Lipinski definition) is 1. The molecule has 0 aliphatic rings. The van der Waals surface area contributed by atoms with Gasteiger partial charge in [-0.15, -0.1) is 0 Å². The fourth-order valence-corrected chi connectivity index (χ4v) is 2.28. The fraction of sp³-hybridized carbons (Fsp3) is 0.273. The van der Waals surface area contributed by atoms with Gasteiger partial charge in [0, 0.05) is 20.5 Å². The van der Waals surface area contributed by atoms with Crippen molar-refractivity contribution in [1.29, 1.82) is 0 Å². The maximum Gasteiger partial charge on any atom is 0.0487 e. The molecule has 1 aromatic heterocycles. The summed E-state index contributed by atoms with van der Waals surface area (Å²) in [6.07, 6.45) is 3.46. The van der Waals surface area contributed by atoms with Crippen molar-refractivity contribution >= 4 is 33.4 Å². The summed E-state index contributed by atoms with van der Waals surface area (Å²) < 4.78 is 0. The number of aromatic amines is 1. The van der Waals surface area contributed by atoms with Crippen molar-refractivity contribution < 1.29 is 13.4 Å². The van der Waals surface area contributed by atoms with Gasteiger partial charge in [-0.05, 0) is 6.07 Å². The van der Waals surface area contributed by atoms with E-state index in [9.17, 15) is 0 Å². The SMILES string of the molecule is C[Si](C)(C)[c-]1cccc1.[Cl][Cr][Cl].c1cn[nH]c1. The molecule has 0 atom stereocenters. The summed E-state index contributed by atoms with van der Waals surface area (Å²) in [5.74, 6) is 0. The predicted octanol–water partition coefficient (Wildman–Crippen LogP) is 3.74.